The molecule has 2 aromatic rings. The van der Waals surface area contributed by atoms with E-state index in [9.17, 15) is 14.4 Å². The summed E-state index contributed by atoms with van der Waals surface area (Å²) in [5.41, 5.74) is 0.720. The van der Waals surface area contributed by atoms with Gasteiger partial charge in [-0.25, -0.2) is 0 Å². The summed E-state index contributed by atoms with van der Waals surface area (Å²) >= 11 is 5.85. The average molecular weight is 416 g/mol. The molecule has 0 radical (unpaired) electrons. The molecule has 0 N–H and O–H groups in total. The van der Waals surface area contributed by atoms with Crippen LogP contribution in [0.3, 0.4) is 0 Å². The van der Waals surface area contributed by atoms with Gasteiger partial charge in [0.15, 0.2) is 6.61 Å². The van der Waals surface area contributed by atoms with Gasteiger partial charge >= 0.3 is 5.97 Å². The number of fused-ring (bicyclic) bond motifs is 1. The molecule has 2 atom stereocenters. The topological polar surface area (TPSA) is 103 Å². The van der Waals surface area contributed by atoms with E-state index in [0.717, 1.165) is 5.56 Å². The zero-order valence-corrected chi connectivity index (χ0v) is 16.2. The van der Waals surface area contributed by atoms with E-state index in [0.29, 0.717) is 23.7 Å². The van der Waals surface area contributed by atoms with Gasteiger partial charge in [-0.15, -0.1) is 0 Å². The van der Waals surface area contributed by atoms with Gasteiger partial charge in [-0.1, -0.05) is 28.9 Å². The first-order valence-electron chi connectivity index (χ1n) is 9.27. The molecule has 2 amide bonds. The van der Waals surface area contributed by atoms with E-state index in [1.807, 2.05) is 12.2 Å². The highest BCUT2D eigenvalue weighted by Crippen LogP contribution is 2.35. The minimum absolute atomic E-state index is 0.0172. The molecule has 2 heterocycles. The number of nitrogens with zero attached hydrogens (tertiary/aromatic N) is 3. The van der Waals surface area contributed by atoms with Gasteiger partial charge in [-0.3, -0.25) is 19.3 Å². The fourth-order valence-electron chi connectivity index (χ4n) is 3.54. The number of ether oxygens (including phenoxy) is 1. The Hall–Kier alpha value is -3.00. The van der Waals surface area contributed by atoms with Crippen molar-refractivity contribution in [2.24, 2.45) is 11.8 Å². The van der Waals surface area contributed by atoms with Crippen molar-refractivity contribution >= 4 is 29.4 Å². The van der Waals surface area contributed by atoms with Crippen molar-refractivity contribution in [2.45, 2.75) is 25.9 Å². The maximum atomic E-state index is 12.4. The minimum atomic E-state index is -0.551. The lowest BCUT2D eigenvalue weighted by Gasteiger charge is -2.14. The SMILES string of the molecule is O=C(CCN1C(=O)[C@@H]2CC=CC[C@H]2C1=O)OCc1nc(-c2ccc(Cl)cc2)no1. The number of carbonyl (C=O) groups excluding carboxylic acids is 3. The molecule has 1 aromatic heterocycles. The molecule has 2 aliphatic rings. The summed E-state index contributed by atoms with van der Waals surface area (Å²) in [5.74, 6) is -1.06. The number of halogens is 1. The Labute approximate surface area is 171 Å². The number of carbonyl (C=O) groups is 3. The molecule has 0 saturated carbocycles. The molecule has 8 nitrogen and oxygen atoms in total. The first-order chi connectivity index (χ1) is 14.0. The summed E-state index contributed by atoms with van der Waals surface area (Å²) in [6, 6.07) is 6.92. The fraction of sp³-hybridized carbons (Fsp3) is 0.350. The van der Waals surface area contributed by atoms with E-state index in [-0.39, 0.29) is 49.1 Å². The number of hydrogen-bond acceptors (Lipinski definition) is 7. The van der Waals surface area contributed by atoms with E-state index in [1.165, 1.54) is 4.90 Å². The first kappa shape index (κ1) is 19.3. The van der Waals surface area contributed by atoms with Crippen molar-refractivity contribution in [3.05, 3.63) is 47.3 Å². The Morgan fingerprint density at radius 3 is 2.45 bits per heavy atom. The molecule has 9 heteroatoms. The molecule has 0 spiro atoms. The summed E-state index contributed by atoms with van der Waals surface area (Å²) in [6.45, 7) is -0.167. The summed E-state index contributed by atoms with van der Waals surface area (Å²) in [6.07, 6.45) is 4.91. The molecular formula is C20H18ClN3O5. The monoisotopic (exact) mass is 415 g/mol. The molecule has 29 heavy (non-hydrogen) atoms. The molecule has 4 rings (SSSR count). The highest BCUT2D eigenvalue weighted by molar-refractivity contribution is 6.30. The predicted molar refractivity (Wildman–Crippen MR) is 101 cm³/mol. The van der Waals surface area contributed by atoms with Crippen LogP contribution in [0.1, 0.15) is 25.2 Å². The normalized spacial score (nSPS) is 20.8. The Kier molecular flexibility index (Phi) is 5.44. The van der Waals surface area contributed by atoms with Crippen LogP contribution >= 0.6 is 11.6 Å². The second-order valence-corrected chi connectivity index (χ2v) is 7.35. The van der Waals surface area contributed by atoms with E-state index in [4.69, 9.17) is 20.9 Å². The third-order valence-electron chi connectivity index (χ3n) is 5.07. The van der Waals surface area contributed by atoms with Crippen LogP contribution in [-0.4, -0.2) is 39.4 Å². The van der Waals surface area contributed by atoms with Crippen LogP contribution in [0.5, 0.6) is 0 Å². The largest absolute Gasteiger partial charge is 0.456 e. The number of rotatable bonds is 6. The van der Waals surface area contributed by atoms with Gasteiger partial charge in [-0.2, -0.15) is 4.98 Å². The summed E-state index contributed by atoms with van der Waals surface area (Å²) in [5, 5.41) is 4.43. The van der Waals surface area contributed by atoms with E-state index in [2.05, 4.69) is 10.1 Å². The molecule has 1 aliphatic carbocycles. The average Bonchev–Trinajstić information content (AvgIpc) is 3.30. The first-order valence-corrected chi connectivity index (χ1v) is 9.65. The van der Waals surface area contributed by atoms with Gasteiger partial charge in [0.05, 0.1) is 18.3 Å². The quantitative estimate of drug-likeness (QED) is 0.406. The van der Waals surface area contributed by atoms with Gasteiger partial charge in [-0.05, 0) is 37.1 Å². The van der Waals surface area contributed by atoms with Crippen LogP contribution in [0, 0.1) is 11.8 Å². The van der Waals surface area contributed by atoms with Crippen LogP contribution in [0.15, 0.2) is 40.9 Å². The maximum absolute atomic E-state index is 12.4. The molecule has 1 aliphatic heterocycles. The third-order valence-corrected chi connectivity index (χ3v) is 5.32. The van der Waals surface area contributed by atoms with Crippen LogP contribution < -0.4 is 0 Å². The Balaban J connectivity index is 1.27. The maximum Gasteiger partial charge on any atom is 0.308 e. The second kappa shape index (κ2) is 8.16. The number of esters is 1. The van der Waals surface area contributed by atoms with Crippen LogP contribution in [0.2, 0.25) is 5.02 Å². The summed E-state index contributed by atoms with van der Waals surface area (Å²) < 4.78 is 10.2. The number of allylic oxidation sites excluding steroid dienone is 2. The van der Waals surface area contributed by atoms with Crippen LogP contribution in [-0.2, 0) is 25.7 Å². The van der Waals surface area contributed by atoms with Crippen molar-refractivity contribution in [1.29, 1.82) is 0 Å². The van der Waals surface area contributed by atoms with Crippen LogP contribution in [0.25, 0.3) is 11.4 Å². The van der Waals surface area contributed by atoms with Gasteiger partial charge in [0.1, 0.15) is 0 Å². The lowest BCUT2D eigenvalue weighted by molar-refractivity contribution is -0.147. The summed E-state index contributed by atoms with van der Waals surface area (Å²) in [7, 11) is 0. The van der Waals surface area contributed by atoms with E-state index < -0.39 is 5.97 Å². The van der Waals surface area contributed by atoms with Crippen molar-refractivity contribution in [3.63, 3.8) is 0 Å². The number of benzene rings is 1. The Morgan fingerprint density at radius 2 is 1.79 bits per heavy atom. The fourth-order valence-corrected chi connectivity index (χ4v) is 3.66. The molecule has 1 aromatic carbocycles. The summed E-state index contributed by atoms with van der Waals surface area (Å²) in [4.78, 5) is 42.1. The van der Waals surface area contributed by atoms with Crippen molar-refractivity contribution in [2.75, 3.05) is 6.54 Å². The molecular weight excluding hydrogens is 398 g/mol. The number of imide groups is 1. The van der Waals surface area contributed by atoms with Gasteiger partial charge in [0.2, 0.25) is 17.6 Å². The molecule has 0 bridgehead atoms. The number of hydrogen-bond donors (Lipinski definition) is 0. The minimum Gasteiger partial charge on any atom is -0.456 e. The number of aromatic nitrogens is 2. The Morgan fingerprint density at radius 1 is 1.14 bits per heavy atom. The smallest absolute Gasteiger partial charge is 0.308 e. The lowest BCUT2D eigenvalue weighted by atomic mass is 9.85. The molecule has 1 saturated heterocycles. The lowest BCUT2D eigenvalue weighted by Crippen LogP contribution is -2.33. The highest BCUT2D eigenvalue weighted by atomic mass is 35.5. The van der Waals surface area contributed by atoms with E-state index in [1.54, 1.807) is 24.3 Å². The highest BCUT2D eigenvalue weighted by Gasteiger charge is 2.46. The van der Waals surface area contributed by atoms with E-state index >= 15 is 0 Å². The van der Waals surface area contributed by atoms with Crippen molar-refractivity contribution in [1.82, 2.24) is 15.0 Å². The number of likely N-dealkylation sites (tertiary alicyclic amines) is 1. The van der Waals surface area contributed by atoms with Crippen molar-refractivity contribution < 1.29 is 23.6 Å². The third kappa shape index (κ3) is 4.07. The standard InChI is InChI=1S/C20H18ClN3O5/c21-13-7-5-12(6-8-13)18-22-16(29-23-18)11-28-17(25)9-10-24-19(26)14-3-1-2-4-15(14)20(24)27/h1-2,5-8,14-15H,3-4,9-11H2/t14-,15-/m1/s1. The van der Waals surface area contributed by atoms with Gasteiger partial charge in [0.25, 0.3) is 5.89 Å². The zero-order valence-electron chi connectivity index (χ0n) is 15.4. The van der Waals surface area contributed by atoms with Crippen molar-refractivity contribution in [3.8, 4) is 11.4 Å². The Bertz CT molecular complexity index is 943. The molecule has 1 fully saturated rings. The van der Waals surface area contributed by atoms with Gasteiger partial charge in [0, 0.05) is 17.1 Å². The molecule has 0 unspecified atom stereocenters. The second-order valence-electron chi connectivity index (χ2n) is 6.91. The zero-order chi connectivity index (χ0) is 20.4. The van der Waals surface area contributed by atoms with Crippen LogP contribution in [0.4, 0.5) is 0 Å². The molecule has 150 valence electrons. The van der Waals surface area contributed by atoms with Gasteiger partial charge < -0.3 is 9.26 Å². The predicted octanol–water partition coefficient (Wildman–Crippen LogP) is 2.77. The number of amides is 2.